The maximum Gasteiger partial charge on any atom is 0.136 e. The van der Waals surface area contributed by atoms with Gasteiger partial charge in [-0.2, -0.15) is 0 Å². The van der Waals surface area contributed by atoms with E-state index >= 15 is 0 Å². The molecular weight excluding hydrogens is 118 g/mol. The summed E-state index contributed by atoms with van der Waals surface area (Å²) in [6, 6.07) is 0. The van der Waals surface area contributed by atoms with Crippen LogP contribution in [0.1, 0.15) is 12.8 Å². The molecule has 3 nitrogen and oxygen atoms in total. The van der Waals surface area contributed by atoms with Crippen molar-refractivity contribution in [3.8, 4) is 0 Å². The average Bonchev–Trinajstić information content (AvgIpc) is 1.85. The monoisotopic (exact) mass is 131 g/mol. The lowest BCUT2D eigenvalue weighted by atomic mass is 10.2. The van der Waals surface area contributed by atoms with Crippen molar-refractivity contribution >= 4 is 5.78 Å². The molecule has 0 rings (SSSR count). The molecule has 0 aromatic carbocycles. The van der Waals surface area contributed by atoms with E-state index in [0.717, 1.165) is 0 Å². The van der Waals surface area contributed by atoms with Crippen molar-refractivity contribution in [3.05, 3.63) is 0 Å². The highest BCUT2D eigenvalue weighted by Gasteiger charge is 1.97. The first-order valence-corrected chi connectivity index (χ1v) is 3.02. The summed E-state index contributed by atoms with van der Waals surface area (Å²) in [4.78, 5) is 10.6. The molecule has 0 fully saturated rings. The van der Waals surface area contributed by atoms with Gasteiger partial charge in [0.1, 0.15) is 5.78 Å². The highest BCUT2D eigenvalue weighted by atomic mass is 16.5. The van der Waals surface area contributed by atoms with Crippen molar-refractivity contribution in [1.82, 2.24) is 0 Å². The molecule has 0 aliphatic rings. The largest absolute Gasteiger partial charge is 0.384 e. The van der Waals surface area contributed by atoms with Crippen LogP contribution >= 0.6 is 0 Å². The fourth-order valence-electron chi connectivity index (χ4n) is 0.502. The molecule has 0 atom stereocenters. The normalized spacial score (nSPS) is 9.56. The standard InChI is InChI=1S/C6H13NO2/c1-9-5-3-6(8)2-4-7/h2-5,7H2,1H3. The minimum Gasteiger partial charge on any atom is -0.384 e. The van der Waals surface area contributed by atoms with Crippen molar-refractivity contribution in [2.24, 2.45) is 5.73 Å². The van der Waals surface area contributed by atoms with Crippen molar-refractivity contribution in [2.75, 3.05) is 20.3 Å². The second kappa shape index (κ2) is 5.72. The van der Waals surface area contributed by atoms with Gasteiger partial charge in [-0.3, -0.25) is 4.79 Å². The minimum atomic E-state index is 0.180. The first-order valence-electron chi connectivity index (χ1n) is 3.02. The molecule has 0 heterocycles. The van der Waals surface area contributed by atoms with Crippen LogP contribution in [0.15, 0.2) is 0 Å². The van der Waals surface area contributed by atoms with Gasteiger partial charge in [0.25, 0.3) is 0 Å². The number of carbonyl (C=O) groups excluding carboxylic acids is 1. The maximum absolute atomic E-state index is 10.6. The second-order valence-corrected chi connectivity index (χ2v) is 1.82. The zero-order chi connectivity index (χ0) is 7.11. The van der Waals surface area contributed by atoms with Crippen molar-refractivity contribution in [2.45, 2.75) is 12.8 Å². The Morgan fingerprint density at radius 3 is 2.67 bits per heavy atom. The van der Waals surface area contributed by atoms with Crippen LogP contribution in [0.25, 0.3) is 0 Å². The van der Waals surface area contributed by atoms with Crippen LogP contribution in [-0.2, 0) is 9.53 Å². The van der Waals surface area contributed by atoms with Gasteiger partial charge < -0.3 is 10.5 Å². The number of rotatable bonds is 5. The smallest absolute Gasteiger partial charge is 0.136 e. The van der Waals surface area contributed by atoms with Crippen LogP contribution in [0.5, 0.6) is 0 Å². The lowest BCUT2D eigenvalue weighted by molar-refractivity contribution is -0.119. The van der Waals surface area contributed by atoms with E-state index in [2.05, 4.69) is 0 Å². The number of ether oxygens (including phenoxy) is 1. The Morgan fingerprint density at radius 1 is 1.56 bits per heavy atom. The summed E-state index contributed by atoms with van der Waals surface area (Å²) in [6.07, 6.45) is 0.969. The highest BCUT2D eigenvalue weighted by molar-refractivity contribution is 5.78. The number of hydrogen-bond acceptors (Lipinski definition) is 3. The number of methoxy groups -OCH3 is 1. The van der Waals surface area contributed by atoms with Crippen LogP contribution in [0.3, 0.4) is 0 Å². The minimum absolute atomic E-state index is 0.180. The summed E-state index contributed by atoms with van der Waals surface area (Å²) < 4.78 is 4.70. The molecule has 54 valence electrons. The van der Waals surface area contributed by atoms with Gasteiger partial charge >= 0.3 is 0 Å². The quantitative estimate of drug-likeness (QED) is 0.568. The third-order valence-corrected chi connectivity index (χ3v) is 1.01. The fourth-order valence-corrected chi connectivity index (χ4v) is 0.502. The first kappa shape index (κ1) is 8.59. The third kappa shape index (κ3) is 5.46. The summed E-state index contributed by atoms with van der Waals surface area (Å²) in [7, 11) is 1.58. The molecular formula is C6H13NO2. The van der Waals surface area contributed by atoms with Crippen LogP contribution in [0.2, 0.25) is 0 Å². The molecule has 0 aromatic heterocycles. The number of Topliss-reactive ketones (excluding diaryl/α,β-unsaturated/α-hetero) is 1. The predicted molar refractivity (Wildman–Crippen MR) is 35.2 cm³/mol. The predicted octanol–water partition coefficient (Wildman–Crippen LogP) is -0.0592. The molecule has 0 aliphatic heterocycles. The SMILES string of the molecule is COCCC(=O)CCN. The van der Waals surface area contributed by atoms with Crippen LogP contribution in [0, 0.1) is 0 Å². The zero-order valence-corrected chi connectivity index (χ0v) is 5.72. The molecule has 2 N–H and O–H groups in total. The van der Waals surface area contributed by atoms with Gasteiger partial charge in [-0.15, -0.1) is 0 Å². The summed E-state index contributed by atoms with van der Waals surface area (Å²) in [5.74, 6) is 0.180. The van der Waals surface area contributed by atoms with E-state index in [0.29, 0.717) is 26.0 Å². The van der Waals surface area contributed by atoms with Gasteiger partial charge in [0.2, 0.25) is 0 Å². The number of nitrogens with two attached hydrogens (primary N) is 1. The topological polar surface area (TPSA) is 52.3 Å². The van der Waals surface area contributed by atoms with Crippen molar-refractivity contribution < 1.29 is 9.53 Å². The molecule has 0 bridgehead atoms. The highest BCUT2D eigenvalue weighted by Crippen LogP contribution is 1.87. The fraction of sp³-hybridized carbons (Fsp3) is 0.833. The molecule has 0 saturated carbocycles. The Labute approximate surface area is 55.2 Å². The molecule has 9 heavy (non-hydrogen) atoms. The van der Waals surface area contributed by atoms with Gasteiger partial charge in [0.15, 0.2) is 0 Å². The molecule has 0 aromatic rings. The molecule has 0 radical (unpaired) electrons. The van der Waals surface area contributed by atoms with Gasteiger partial charge in [0, 0.05) is 20.0 Å². The summed E-state index contributed by atoms with van der Waals surface area (Å²) in [5, 5.41) is 0. The van der Waals surface area contributed by atoms with Crippen LogP contribution in [-0.4, -0.2) is 26.0 Å². The van der Waals surface area contributed by atoms with E-state index in [4.69, 9.17) is 10.5 Å². The lowest BCUT2D eigenvalue weighted by Gasteiger charge is -1.95. The first-order chi connectivity index (χ1) is 4.31. The van der Waals surface area contributed by atoms with E-state index in [1.807, 2.05) is 0 Å². The molecule has 0 amide bonds. The van der Waals surface area contributed by atoms with Crippen LogP contribution in [0.4, 0.5) is 0 Å². The van der Waals surface area contributed by atoms with Crippen molar-refractivity contribution in [3.63, 3.8) is 0 Å². The van der Waals surface area contributed by atoms with Gasteiger partial charge in [-0.25, -0.2) is 0 Å². The number of hydrogen-bond donors (Lipinski definition) is 1. The van der Waals surface area contributed by atoms with Gasteiger partial charge in [-0.05, 0) is 6.54 Å². The Hall–Kier alpha value is -0.410. The summed E-state index contributed by atoms with van der Waals surface area (Å²) in [6.45, 7) is 0.960. The Balaban J connectivity index is 3.06. The summed E-state index contributed by atoms with van der Waals surface area (Å²) >= 11 is 0. The van der Waals surface area contributed by atoms with E-state index < -0.39 is 0 Å². The summed E-state index contributed by atoms with van der Waals surface area (Å²) in [5.41, 5.74) is 5.14. The second-order valence-electron chi connectivity index (χ2n) is 1.82. The van der Waals surface area contributed by atoms with E-state index in [1.165, 1.54) is 0 Å². The molecule has 0 spiro atoms. The molecule has 0 saturated heterocycles. The Kier molecular flexibility index (Phi) is 5.46. The van der Waals surface area contributed by atoms with E-state index in [9.17, 15) is 4.79 Å². The Bertz CT molecular complexity index is 83.1. The van der Waals surface area contributed by atoms with Gasteiger partial charge in [0.05, 0.1) is 6.61 Å². The number of ketones is 1. The van der Waals surface area contributed by atoms with Crippen molar-refractivity contribution in [1.29, 1.82) is 0 Å². The third-order valence-electron chi connectivity index (χ3n) is 1.01. The lowest BCUT2D eigenvalue weighted by Crippen LogP contribution is -2.09. The average molecular weight is 131 g/mol. The number of carbonyl (C=O) groups is 1. The molecule has 0 unspecified atom stereocenters. The molecule has 0 aliphatic carbocycles. The Morgan fingerprint density at radius 2 is 2.22 bits per heavy atom. The van der Waals surface area contributed by atoms with E-state index in [-0.39, 0.29) is 5.78 Å². The van der Waals surface area contributed by atoms with Crippen LogP contribution < -0.4 is 5.73 Å². The van der Waals surface area contributed by atoms with Gasteiger partial charge in [-0.1, -0.05) is 0 Å². The molecule has 3 heteroatoms. The maximum atomic E-state index is 10.6. The van der Waals surface area contributed by atoms with E-state index in [1.54, 1.807) is 7.11 Å². The zero-order valence-electron chi connectivity index (χ0n) is 5.72.